The molecule has 0 unspecified atom stereocenters. The van der Waals surface area contributed by atoms with Crippen LogP contribution in [0.1, 0.15) is 36.3 Å². The first-order chi connectivity index (χ1) is 7.11. The molecule has 0 spiro atoms. The van der Waals surface area contributed by atoms with Gasteiger partial charge in [-0.3, -0.25) is 4.79 Å². The lowest BCUT2D eigenvalue weighted by molar-refractivity contribution is 0.0935. The highest BCUT2D eigenvalue weighted by Gasteiger charge is 2.16. The monoisotopic (exact) mass is 223 g/mol. The van der Waals surface area contributed by atoms with E-state index in [0.29, 0.717) is 5.69 Å². The van der Waals surface area contributed by atoms with E-state index in [1.165, 1.54) is 11.3 Å². The highest BCUT2D eigenvalue weighted by atomic mass is 32.1. The van der Waals surface area contributed by atoms with Gasteiger partial charge in [0.15, 0.2) is 5.78 Å². The van der Waals surface area contributed by atoms with Gasteiger partial charge in [0.05, 0.1) is 6.20 Å². The second-order valence-electron chi connectivity index (χ2n) is 3.72. The Hall–Kier alpha value is -1.23. The van der Waals surface area contributed by atoms with E-state index in [-0.39, 0.29) is 11.7 Å². The van der Waals surface area contributed by atoms with E-state index < -0.39 is 0 Å². The first-order valence-corrected chi connectivity index (χ1v) is 5.82. The summed E-state index contributed by atoms with van der Waals surface area (Å²) in [6, 6.07) is 0. The van der Waals surface area contributed by atoms with E-state index in [0.717, 1.165) is 16.4 Å². The number of carbonyl (C=O) groups is 1. The van der Waals surface area contributed by atoms with Crippen molar-refractivity contribution in [3.63, 3.8) is 0 Å². The second-order valence-corrected chi connectivity index (χ2v) is 4.76. The number of fused-ring (bicyclic) bond motifs is 1. The van der Waals surface area contributed by atoms with Crippen molar-refractivity contribution in [3.05, 3.63) is 16.9 Å². The molecule has 0 radical (unpaired) electrons. The Kier molecular flexibility index (Phi) is 2.56. The summed E-state index contributed by atoms with van der Waals surface area (Å²) in [5.74, 6) is 0.0611. The Morgan fingerprint density at radius 1 is 1.60 bits per heavy atom. The van der Waals surface area contributed by atoms with Gasteiger partial charge >= 0.3 is 0 Å². The van der Waals surface area contributed by atoms with Crippen LogP contribution in [0.3, 0.4) is 0 Å². The molecule has 2 rings (SSSR count). The molecule has 80 valence electrons. The van der Waals surface area contributed by atoms with Crippen molar-refractivity contribution < 1.29 is 4.79 Å². The number of carbonyl (C=O) groups excluding carboxylic acids is 1. The Bertz CT molecular complexity index is 466. The number of ketones is 1. The molecule has 2 aromatic rings. The van der Waals surface area contributed by atoms with Crippen LogP contribution in [0.15, 0.2) is 6.20 Å². The zero-order valence-corrected chi connectivity index (χ0v) is 9.84. The second kappa shape index (κ2) is 3.73. The molecular weight excluding hydrogens is 210 g/mol. The van der Waals surface area contributed by atoms with Gasteiger partial charge in [-0.05, 0) is 6.42 Å². The smallest absolute Gasteiger partial charge is 0.212 e. The normalized spacial score (nSPS) is 11.5. The van der Waals surface area contributed by atoms with Crippen LogP contribution < -0.4 is 0 Å². The minimum Gasteiger partial charge on any atom is -0.292 e. The van der Waals surface area contributed by atoms with Gasteiger partial charge in [0.1, 0.15) is 10.7 Å². The Morgan fingerprint density at radius 3 is 2.87 bits per heavy atom. The maximum atomic E-state index is 11.7. The average Bonchev–Trinajstić information content (AvgIpc) is 2.72. The summed E-state index contributed by atoms with van der Waals surface area (Å²) in [4.78, 5) is 16.7. The van der Waals surface area contributed by atoms with Crippen LogP contribution in [0, 0.1) is 5.92 Å². The molecule has 0 saturated carbocycles. The van der Waals surface area contributed by atoms with Gasteiger partial charge in [-0.1, -0.05) is 32.1 Å². The number of imidazole rings is 1. The van der Waals surface area contributed by atoms with Crippen molar-refractivity contribution in [2.24, 2.45) is 5.92 Å². The molecule has 0 aromatic carbocycles. The predicted molar refractivity (Wildman–Crippen MR) is 59.4 cm³/mol. The third kappa shape index (κ3) is 1.79. The Morgan fingerprint density at radius 2 is 2.33 bits per heavy atom. The van der Waals surface area contributed by atoms with Crippen molar-refractivity contribution in [1.29, 1.82) is 0 Å². The molecule has 15 heavy (non-hydrogen) atoms. The summed E-state index contributed by atoms with van der Waals surface area (Å²) in [7, 11) is 0. The van der Waals surface area contributed by atoms with Crippen molar-refractivity contribution in [1.82, 2.24) is 14.6 Å². The standard InChI is InChI=1S/C10H13N3OS/c1-4-8-12-13-5-7(9(14)6(2)3)11-10(13)15-8/h5-6H,4H2,1-3H3. The van der Waals surface area contributed by atoms with E-state index in [4.69, 9.17) is 0 Å². The molecule has 0 N–H and O–H groups in total. The molecule has 0 amide bonds. The number of rotatable bonds is 3. The van der Waals surface area contributed by atoms with Crippen LogP contribution in [-0.4, -0.2) is 20.4 Å². The van der Waals surface area contributed by atoms with Crippen molar-refractivity contribution in [2.75, 3.05) is 0 Å². The number of hydrogen-bond acceptors (Lipinski definition) is 4. The molecule has 5 heteroatoms. The summed E-state index contributed by atoms with van der Waals surface area (Å²) in [5.41, 5.74) is 0.520. The van der Waals surface area contributed by atoms with Crippen LogP contribution in [0.25, 0.3) is 4.96 Å². The maximum absolute atomic E-state index is 11.7. The van der Waals surface area contributed by atoms with Crippen molar-refractivity contribution in [2.45, 2.75) is 27.2 Å². The van der Waals surface area contributed by atoms with Crippen LogP contribution in [0.5, 0.6) is 0 Å². The molecule has 0 aliphatic heterocycles. The number of hydrogen-bond donors (Lipinski definition) is 0. The number of nitrogens with zero attached hydrogens (tertiary/aromatic N) is 3. The summed E-state index contributed by atoms with van der Waals surface area (Å²) >= 11 is 1.54. The minimum atomic E-state index is -0.0137. The lowest BCUT2D eigenvalue weighted by Gasteiger charge is -1.97. The predicted octanol–water partition coefficient (Wildman–Crippen LogP) is 2.19. The highest BCUT2D eigenvalue weighted by molar-refractivity contribution is 7.16. The summed E-state index contributed by atoms with van der Waals surface area (Å²) in [6.07, 6.45) is 2.62. The summed E-state index contributed by atoms with van der Waals surface area (Å²) in [5, 5.41) is 5.36. The van der Waals surface area contributed by atoms with E-state index in [2.05, 4.69) is 17.0 Å². The summed E-state index contributed by atoms with van der Waals surface area (Å²) in [6.45, 7) is 5.81. The molecule has 0 aliphatic rings. The highest BCUT2D eigenvalue weighted by Crippen LogP contribution is 2.16. The third-order valence-corrected chi connectivity index (χ3v) is 3.23. The zero-order chi connectivity index (χ0) is 11.0. The van der Waals surface area contributed by atoms with E-state index in [1.54, 1.807) is 10.7 Å². The van der Waals surface area contributed by atoms with Gasteiger partial charge in [-0.25, -0.2) is 9.50 Å². The van der Waals surface area contributed by atoms with E-state index in [1.807, 2.05) is 13.8 Å². The first kappa shape index (κ1) is 10.3. The topological polar surface area (TPSA) is 47.3 Å². The largest absolute Gasteiger partial charge is 0.292 e. The fraction of sp³-hybridized carbons (Fsp3) is 0.500. The first-order valence-electron chi connectivity index (χ1n) is 5.01. The maximum Gasteiger partial charge on any atom is 0.212 e. The Labute approximate surface area is 91.9 Å². The van der Waals surface area contributed by atoms with Crippen LogP contribution >= 0.6 is 11.3 Å². The van der Waals surface area contributed by atoms with Gasteiger partial charge in [0.2, 0.25) is 4.96 Å². The fourth-order valence-corrected chi connectivity index (χ4v) is 2.11. The van der Waals surface area contributed by atoms with Crippen LogP contribution in [0.4, 0.5) is 0 Å². The molecule has 0 bridgehead atoms. The van der Waals surface area contributed by atoms with Gasteiger partial charge in [0, 0.05) is 5.92 Å². The molecule has 4 nitrogen and oxygen atoms in total. The number of aromatic nitrogens is 3. The lowest BCUT2D eigenvalue weighted by atomic mass is 10.1. The van der Waals surface area contributed by atoms with Gasteiger partial charge < -0.3 is 0 Å². The zero-order valence-electron chi connectivity index (χ0n) is 9.02. The molecule has 2 aromatic heterocycles. The summed E-state index contributed by atoms with van der Waals surface area (Å²) < 4.78 is 1.69. The number of Topliss-reactive ketones (excluding diaryl/α,β-unsaturated/α-hetero) is 1. The molecule has 0 fully saturated rings. The minimum absolute atomic E-state index is 0.0137. The van der Waals surface area contributed by atoms with Gasteiger partial charge in [-0.2, -0.15) is 5.10 Å². The molecular formula is C10H13N3OS. The third-order valence-electron chi connectivity index (χ3n) is 2.16. The van der Waals surface area contributed by atoms with Gasteiger partial charge in [-0.15, -0.1) is 0 Å². The van der Waals surface area contributed by atoms with E-state index in [9.17, 15) is 4.79 Å². The fourth-order valence-electron chi connectivity index (χ4n) is 1.30. The average molecular weight is 223 g/mol. The molecule has 0 saturated heterocycles. The number of aryl methyl sites for hydroxylation is 1. The molecule has 0 atom stereocenters. The molecule has 2 heterocycles. The van der Waals surface area contributed by atoms with Crippen LogP contribution in [-0.2, 0) is 6.42 Å². The quantitative estimate of drug-likeness (QED) is 0.749. The van der Waals surface area contributed by atoms with Crippen molar-refractivity contribution >= 4 is 22.1 Å². The SMILES string of the molecule is CCc1nn2cc(C(=O)C(C)C)nc2s1. The van der Waals surface area contributed by atoms with Crippen LogP contribution in [0.2, 0.25) is 0 Å². The van der Waals surface area contributed by atoms with Crippen molar-refractivity contribution in [3.8, 4) is 0 Å². The lowest BCUT2D eigenvalue weighted by Crippen LogP contribution is -2.07. The van der Waals surface area contributed by atoms with E-state index >= 15 is 0 Å². The molecule has 0 aliphatic carbocycles. The van der Waals surface area contributed by atoms with Gasteiger partial charge in [0.25, 0.3) is 0 Å². The Balaban J connectivity index is 2.40.